The number of para-hydroxylation sites is 1. The number of nitrogens with zero attached hydrogens (tertiary/aromatic N) is 1. The highest BCUT2D eigenvalue weighted by molar-refractivity contribution is 7.80. The van der Waals surface area contributed by atoms with Crippen LogP contribution in [0.3, 0.4) is 0 Å². The summed E-state index contributed by atoms with van der Waals surface area (Å²) in [6.07, 6.45) is 2.40. The predicted molar refractivity (Wildman–Crippen MR) is 127 cm³/mol. The van der Waals surface area contributed by atoms with E-state index in [9.17, 15) is 0 Å². The Balaban J connectivity index is 1.96. The smallest absolute Gasteiger partial charge is 0.174 e. The van der Waals surface area contributed by atoms with Gasteiger partial charge in [-0.15, -0.1) is 6.58 Å². The Hall–Kier alpha value is -2.76. The molecule has 0 radical (unpaired) electrons. The van der Waals surface area contributed by atoms with Gasteiger partial charge in [0, 0.05) is 0 Å². The van der Waals surface area contributed by atoms with Crippen molar-refractivity contribution in [2.75, 3.05) is 12.4 Å². The molecule has 3 aromatic rings. The molecule has 6 heteroatoms. The second-order valence-electron chi connectivity index (χ2n) is 7.07. The Kier molecular flexibility index (Phi) is 7.55. The molecule has 0 aliphatic rings. The van der Waals surface area contributed by atoms with Crippen molar-refractivity contribution in [2.24, 2.45) is 0 Å². The lowest BCUT2D eigenvalue weighted by molar-refractivity contribution is 0.284. The molecule has 0 saturated heterocycles. The second kappa shape index (κ2) is 10.3. The molecule has 0 amide bonds. The van der Waals surface area contributed by atoms with E-state index < -0.39 is 0 Å². The molecule has 0 aliphatic heterocycles. The fourth-order valence-corrected chi connectivity index (χ4v) is 3.69. The minimum absolute atomic E-state index is 0.0407. The van der Waals surface area contributed by atoms with Crippen LogP contribution in [0.15, 0.2) is 83.5 Å². The van der Waals surface area contributed by atoms with Crippen molar-refractivity contribution >= 4 is 34.6 Å². The molecule has 1 aromatic heterocycles. The molecular formula is C24H25ClN2O2S. The number of halogens is 1. The summed E-state index contributed by atoms with van der Waals surface area (Å²) in [5.74, 6) is 1.63. The Labute approximate surface area is 188 Å². The summed E-state index contributed by atoms with van der Waals surface area (Å²) in [5, 5.41) is 4.47. The van der Waals surface area contributed by atoms with Crippen LogP contribution in [0.2, 0.25) is 5.02 Å². The number of hydrogen-bond acceptors (Lipinski definition) is 3. The number of hydrogen-bond donors (Lipinski definition) is 1. The van der Waals surface area contributed by atoms with Crippen LogP contribution in [0.4, 0.5) is 5.69 Å². The van der Waals surface area contributed by atoms with E-state index in [2.05, 4.69) is 28.9 Å². The van der Waals surface area contributed by atoms with E-state index in [0.717, 1.165) is 34.8 Å². The molecule has 4 nitrogen and oxygen atoms in total. The number of rotatable bonds is 8. The van der Waals surface area contributed by atoms with Crippen LogP contribution in [0.5, 0.6) is 5.75 Å². The van der Waals surface area contributed by atoms with Crippen molar-refractivity contribution in [3.05, 3.63) is 95.4 Å². The summed E-state index contributed by atoms with van der Waals surface area (Å²) in [6.45, 7) is 6.66. The van der Waals surface area contributed by atoms with Crippen LogP contribution >= 0.6 is 23.8 Å². The van der Waals surface area contributed by atoms with Crippen molar-refractivity contribution < 1.29 is 9.15 Å². The predicted octanol–water partition coefficient (Wildman–Crippen LogP) is 6.85. The lowest BCUT2D eigenvalue weighted by Crippen LogP contribution is -2.37. The lowest BCUT2D eigenvalue weighted by atomic mass is 9.98. The van der Waals surface area contributed by atoms with E-state index in [4.69, 9.17) is 33.0 Å². The third kappa shape index (κ3) is 5.65. The number of methoxy groups -OCH3 is 1. The highest BCUT2D eigenvalue weighted by Crippen LogP contribution is 2.32. The Morgan fingerprint density at radius 1 is 1.17 bits per heavy atom. The van der Waals surface area contributed by atoms with Gasteiger partial charge in [-0.3, -0.25) is 0 Å². The Bertz CT molecular complexity index is 987. The van der Waals surface area contributed by atoms with Crippen LogP contribution in [0.25, 0.3) is 0 Å². The number of anilines is 1. The van der Waals surface area contributed by atoms with Crippen LogP contribution < -0.4 is 10.1 Å². The molecule has 1 heterocycles. The molecule has 156 valence electrons. The monoisotopic (exact) mass is 440 g/mol. The van der Waals surface area contributed by atoms with Gasteiger partial charge in [0.2, 0.25) is 0 Å². The highest BCUT2D eigenvalue weighted by atomic mass is 35.5. The van der Waals surface area contributed by atoms with Crippen molar-refractivity contribution in [3.8, 4) is 5.75 Å². The summed E-state index contributed by atoms with van der Waals surface area (Å²) < 4.78 is 10.9. The van der Waals surface area contributed by atoms with Crippen LogP contribution in [0.1, 0.15) is 30.7 Å². The van der Waals surface area contributed by atoms with Gasteiger partial charge in [-0.1, -0.05) is 41.4 Å². The van der Waals surface area contributed by atoms with Crippen molar-refractivity contribution in [1.29, 1.82) is 0 Å². The quantitative estimate of drug-likeness (QED) is 0.306. The normalized spacial score (nSPS) is 11.6. The first-order valence-corrected chi connectivity index (χ1v) is 10.4. The summed E-state index contributed by atoms with van der Waals surface area (Å²) in [7, 11) is 1.66. The van der Waals surface area contributed by atoms with Gasteiger partial charge in [-0.2, -0.15) is 0 Å². The van der Waals surface area contributed by atoms with E-state index in [1.54, 1.807) is 13.4 Å². The molecule has 1 atom stereocenters. The SMILES string of the molecule is C=C(C)C[C@H](c1ccc(OC)cc1)N(Cc1ccco1)C(=S)Nc1ccccc1Cl. The molecule has 0 aliphatic carbocycles. The second-order valence-corrected chi connectivity index (χ2v) is 7.86. The molecular weight excluding hydrogens is 416 g/mol. The fourth-order valence-electron chi connectivity index (χ4n) is 3.21. The summed E-state index contributed by atoms with van der Waals surface area (Å²) in [4.78, 5) is 2.11. The zero-order chi connectivity index (χ0) is 21.5. The average molecular weight is 441 g/mol. The molecule has 0 unspecified atom stereocenters. The molecule has 0 saturated carbocycles. The van der Waals surface area contributed by atoms with E-state index >= 15 is 0 Å². The van der Waals surface area contributed by atoms with Gasteiger partial charge in [0.05, 0.1) is 36.7 Å². The fraction of sp³-hybridized carbons (Fsp3) is 0.208. The summed E-state index contributed by atoms with van der Waals surface area (Å²) >= 11 is 12.2. The number of nitrogens with one attached hydrogen (secondary N) is 1. The number of ether oxygens (including phenoxy) is 1. The van der Waals surface area contributed by atoms with E-state index in [0.29, 0.717) is 16.7 Å². The van der Waals surface area contributed by atoms with Gasteiger partial charge in [0.15, 0.2) is 5.11 Å². The van der Waals surface area contributed by atoms with Crippen LogP contribution in [-0.4, -0.2) is 17.1 Å². The van der Waals surface area contributed by atoms with Crippen molar-refractivity contribution in [1.82, 2.24) is 4.90 Å². The van der Waals surface area contributed by atoms with Gasteiger partial charge in [-0.25, -0.2) is 0 Å². The third-order valence-electron chi connectivity index (χ3n) is 4.70. The van der Waals surface area contributed by atoms with Crippen LogP contribution in [0, 0.1) is 0 Å². The maximum atomic E-state index is 6.34. The standard InChI is InChI=1S/C24H25ClN2O2S/c1-17(2)15-23(18-10-12-19(28-3)13-11-18)27(16-20-7-6-14-29-20)24(30)26-22-9-5-4-8-21(22)25/h4-14,23H,1,15-16H2,2-3H3,(H,26,30)/t23-/m1/s1. The Morgan fingerprint density at radius 3 is 2.50 bits per heavy atom. The minimum atomic E-state index is -0.0407. The third-order valence-corrected chi connectivity index (χ3v) is 5.37. The molecule has 0 bridgehead atoms. The first-order valence-electron chi connectivity index (χ1n) is 9.60. The first kappa shape index (κ1) is 21.9. The molecule has 30 heavy (non-hydrogen) atoms. The topological polar surface area (TPSA) is 37.6 Å². The van der Waals surface area contributed by atoms with E-state index in [-0.39, 0.29) is 6.04 Å². The van der Waals surface area contributed by atoms with Gasteiger partial charge in [0.25, 0.3) is 0 Å². The maximum absolute atomic E-state index is 6.34. The summed E-state index contributed by atoms with van der Waals surface area (Å²) in [6, 6.07) is 19.3. The number of thiocarbonyl (C=S) groups is 1. The minimum Gasteiger partial charge on any atom is -0.497 e. The largest absolute Gasteiger partial charge is 0.497 e. The zero-order valence-corrected chi connectivity index (χ0v) is 18.7. The lowest BCUT2D eigenvalue weighted by Gasteiger charge is -2.34. The highest BCUT2D eigenvalue weighted by Gasteiger charge is 2.25. The maximum Gasteiger partial charge on any atom is 0.174 e. The summed E-state index contributed by atoms with van der Waals surface area (Å²) in [5.41, 5.74) is 2.92. The van der Waals surface area contributed by atoms with Gasteiger partial charge < -0.3 is 19.4 Å². The van der Waals surface area contributed by atoms with E-state index in [1.165, 1.54) is 0 Å². The van der Waals surface area contributed by atoms with Crippen molar-refractivity contribution in [2.45, 2.75) is 25.9 Å². The molecule has 1 N–H and O–H groups in total. The average Bonchev–Trinajstić information content (AvgIpc) is 3.25. The van der Waals surface area contributed by atoms with Gasteiger partial charge in [0.1, 0.15) is 11.5 Å². The number of benzene rings is 2. The molecule has 0 spiro atoms. The Morgan fingerprint density at radius 2 is 1.90 bits per heavy atom. The van der Waals surface area contributed by atoms with Gasteiger partial charge in [-0.05, 0) is 67.5 Å². The van der Waals surface area contributed by atoms with Gasteiger partial charge >= 0.3 is 0 Å². The molecule has 3 rings (SSSR count). The zero-order valence-electron chi connectivity index (χ0n) is 17.1. The number of furan rings is 1. The molecule has 2 aromatic carbocycles. The first-order chi connectivity index (χ1) is 14.5. The van der Waals surface area contributed by atoms with Crippen molar-refractivity contribution in [3.63, 3.8) is 0 Å². The molecule has 0 fully saturated rings. The van der Waals surface area contributed by atoms with E-state index in [1.807, 2.05) is 55.5 Å². The van der Waals surface area contributed by atoms with Crippen LogP contribution in [-0.2, 0) is 6.54 Å².